The Morgan fingerprint density at radius 2 is 1.79 bits per heavy atom. The maximum Gasteiger partial charge on any atom is 0.330 e. The lowest BCUT2D eigenvalue weighted by Crippen LogP contribution is -2.40. The summed E-state index contributed by atoms with van der Waals surface area (Å²) < 4.78 is 12.7. The third kappa shape index (κ3) is 6.01. The van der Waals surface area contributed by atoms with Crippen molar-refractivity contribution in [1.29, 1.82) is 0 Å². The van der Waals surface area contributed by atoms with Gasteiger partial charge in [0.15, 0.2) is 6.23 Å². The Labute approximate surface area is 165 Å². The van der Waals surface area contributed by atoms with E-state index in [2.05, 4.69) is 11.9 Å². The number of rotatable bonds is 12. The quantitative estimate of drug-likeness (QED) is 0.461. The molecule has 1 aromatic heterocycles. The summed E-state index contributed by atoms with van der Waals surface area (Å²) in [4.78, 5) is 26.0. The van der Waals surface area contributed by atoms with Gasteiger partial charge in [0.1, 0.15) is 18.3 Å². The molecule has 2 rings (SSSR count). The topological polar surface area (TPSA) is 114 Å². The van der Waals surface area contributed by atoms with Crippen molar-refractivity contribution in [3.8, 4) is 0 Å². The molecule has 1 aliphatic rings. The van der Waals surface area contributed by atoms with Gasteiger partial charge in [0.05, 0.1) is 6.61 Å². The van der Waals surface area contributed by atoms with Gasteiger partial charge < -0.3 is 19.7 Å². The van der Waals surface area contributed by atoms with Crippen LogP contribution < -0.4 is 11.2 Å². The van der Waals surface area contributed by atoms with Crippen molar-refractivity contribution >= 4 is 0 Å². The molecular formula is C20H34N2O6. The maximum atomic E-state index is 12.2. The van der Waals surface area contributed by atoms with E-state index in [1.54, 1.807) is 6.92 Å². The zero-order valence-corrected chi connectivity index (χ0v) is 16.9. The van der Waals surface area contributed by atoms with Crippen LogP contribution in [0.25, 0.3) is 0 Å². The average Bonchev–Trinajstić information content (AvgIpc) is 2.99. The van der Waals surface area contributed by atoms with E-state index in [9.17, 15) is 19.8 Å². The lowest BCUT2D eigenvalue weighted by molar-refractivity contribution is -0.0750. The van der Waals surface area contributed by atoms with Crippen molar-refractivity contribution in [2.45, 2.75) is 89.8 Å². The molecular weight excluding hydrogens is 364 g/mol. The number of hydrogen-bond acceptors (Lipinski definition) is 6. The molecule has 0 spiro atoms. The van der Waals surface area contributed by atoms with E-state index in [0.717, 1.165) is 19.3 Å². The van der Waals surface area contributed by atoms with Gasteiger partial charge in [0, 0.05) is 18.4 Å². The summed E-state index contributed by atoms with van der Waals surface area (Å²) >= 11 is 0. The largest absolute Gasteiger partial charge is 0.394 e. The number of aliphatic hydroxyl groups excluding tert-OH is 2. The molecule has 1 fully saturated rings. The second-order valence-electron chi connectivity index (χ2n) is 7.53. The molecule has 3 N–H and O–H groups in total. The summed E-state index contributed by atoms with van der Waals surface area (Å²) in [5.41, 5.74) is -0.742. The Balaban J connectivity index is 1.90. The second kappa shape index (κ2) is 11.5. The van der Waals surface area contributed by atoms with Gasteiger partial charge in [-0.2, -0.15) is 0 Å². The molecule has 8 nitrogen and oxygen atoms in total. The molecule has 0 amide bonds. The monoisotopic (exact) mass is 398 g/mol. The van der Waals surface area contributed by atoms with Crippen molar-refractivity contribution in [3.63, 3.8) is 0 Å². The molecule has 2 heterocycles. The van der Waals surface area contributed by atoms with Crippen LogP contribution in [0.1, 0.15) is 70.1 Å². The van der Waals surface area contributed by atoms with Crippen LogP contribution in [0.15, 0.2) is 15.8 Å². The van der Waals surface area contributed by atoms with Gasteiger partial charge in [0.2, 0.25) is 0 Å². The molecule has 1 aliphatic heterocycles. The van der Waals surface area contributed by atoms with Crippen LogP contribution >= 0.6 is 0 Å². The van der Waals surface area contributed by atoms with Gasteiger partial charge in [-0.3, -0.25) is 14.3 Å². The molecule has 160 valence electrons. The highest BCUT2D eigenvalue weighted by atomic mass is 16.6. The van der Waals surface area contributed by atoms with Gasteiger partial charge in [0.25, 0.3) is 5.56 Å². The van der Waals surface area contributed by atoms with Gasteiger partial charge in [-0.15, -0.1) is 0 Å². The van der Waals surface area contributed by atoms with Crippen LogP contribution in [-0.4, -0.2) is 51.3 Å². The lowest BCUT2D eigenvalue weighted by atomic mass is 10.1. The van der Waals surface area contributed by atoms with E-state index >= 15 is 0 Å². The van der Waals surface area contributed by atoms with Crippen molar-refractivity contribution in [2.75, 3.05) is 13.2 Å². The van der Waals surface area contributed by atoms with Crippen molar-refractivity contribution in [1.82, 2.24) is 9.55 Å². The fraction of sp³-hybridized carbons (Fsp3) is 0.800. The highest BCUT2D eigenvalue weighted by Gasteiger charge is 2.45. The highest BCUT2D eigenvalue weighted by molar-refractivity contribution is 5.03. The molecule has 0 aliphatic carbocycles. The molecule has 1 aromatic rings. The normalized spacial score (nSPS) is 24.7. The van der Waals surface area contributed by atoms with Crippen LogP contribution in [-0.2, 0) is 9.47 Å². The first-order valence-corrected chi connectivity index (χ1v) is 10.4. The van der Waals surface area contributed by atoms with Gasteiger partial charge in [-0.25, -0.2) is 4.79 Å². The Kier molecular flexibility index (Phi) is 9.37. The number of hydrogen-bond donors (Lipinski definition) is 3. The number of nitrogens with zero attached hydrogens (tertiary/aromatic N) is 1. The molecule has 0 aromatic carbocycles. The first-order valence-electron chi connectivity index (χ1n) is 10.4. The van der Waals surface area contributed by atoms with Crippen LogP contribution in [0.2, 0.25) is 0 Å². The standard InChI is InChI=1S/C20H34N2O6/c1-3-4-5-6-7-8-9-10-11-27-17-16(24)15(13-23)28-19(17)22-12-14(2)18(25)21-20(22)26/h12,15-17,19,23-24H,3-11,13H2,1-2H3,(H,21,25,26)/t15-,16-,17+,19-/m1/s1. The Hall–Kier alpha value is -1.48. The zero-order chi connectivity index (χ0) is 20.5. The van der Waals surface area contributed by atoms with E-state index in [1.165, 1.54) is 42.9 Å². The van der Waals surface area contributed by atoms with Crippen molar-refractivity contribution < 1.29 is 19.7 Å². The van der Waals surface area contributed by atoms with E-state index in [-0.39, 0.29) is 6.61 Å². The maximum absolute atomic E-state index is 12.2. The fourth-order valence-corrected chi connectivity index (χ4v) is 3.50. The number of aromatic amines is 1. The van der Waals surface area contributed by atoms with Crippen LogP contribution in [0.4, 0.5) is 0 Å². The molecule has 8 heteroatoms. The number of ether oxygens (including phenoxy) is 2. The summed E-state index contributed by atoms with van der Waals surface area (Å²) in [6.07, 6.45) is 7.17. The first kappa shape index (κ1) is 22.8. The predicted molar refractivity (Wildman–Crippen MR) is 105 cm³/mol. The summed E-state index contributed by atoms with van der Waals surface area (Å²) in [5, 5.41) is 19.9. The van der Waals surface area contributed by atoms with E-state index in [1.807, 2.05) is 0 Å². The molecule has 28 heavy (non-hydrogen) atoms. The van der Waals surface area contributed by atoms with Crippen LogP contribution in [0, 0.1) is 6.92 Å². The zero-order valence-electron chi connectivity index (χ0n) is 16.9. The molecule has 1 saturated heterocycles. The smallest absolute Gasteiger partial charge is 0.330 e. The molecule has 4 atom stereocenters. The van der Waals surface area contributed by atoms with Crippen molar-refractivity contribution in [3.05, 3.63) is 32.6 Å². The van der Waals surface area contributed by atoms with Crippen LogP contribution in [0.5, 0.6) is 0 Å². The number of unbranched alkanes of at least 4 members (excludes halogenated alkanes) is 7. The van der Waals surface area contributed by atoms with Crippen molar-refractivity contribution in [2.24, 2.45) is 0 Å². The molecule has 0 unspecified atom stereocenters. The van der Waals surface area contributed by atoms with E-state index < -0.39 is 35.8 Å². The minimum Gasteiger partial charge on any atom is -0.394 e. The summed E-state index contributed by atoms with van der Waals surface area (Å²) in [7, 11) is 0. The number of aliphatic hydroxyl groups is 2. The number of nitrogens with one attached hydrogen (secondary N) is 1. The van der Waals surface area contributed by atoms with E-state index in [4.69, 9.17) is 9.47 Å². The predicted octanol–water partition coefficient (Wildman–Crippen LogP) is 1.62. The minimum absolute atomic E-state index is 0.354. The molecule has 0 radical (unpaired) electrons. The third-order valence-corrected chi connectivity index (χ3v) is 5.22. The van der Waals surface area contributed by atoms with E-state index in [0.29, 0.717) is 12.2 Å². The summed E-state index contributed by atoms with van der Waals surface area (Å²) in [6.45, 7) is 3.84. The SMILES string of the molecule is CCCCCCCCCCO[C@H]1[C@H](O)[C@@H](CO)O[C@H]1n1cc(C)c(=O)[nH]c1=O. The Morgan fingerprint density at radius 3 is 2.43 bits per heavy atom. The van der Waals surface area contributed by atoms with Gasteiger partial charge in [-0.05, 0) is 13.3 Å². The lowest BCUT2D eigenvalue weighted by Gasteiger charge is -2.22. The Morgan fingerprint density at radius 1 is 1.14 bits per heavy atom. The average molecular weight is 399 g/mol. The fourth-order valence-electron chi connectivity index (χ4n) is 3.50. The molecule has 0 bridgehead atoms. The first-order chi connectivity index (χ1) is 13.5. The summed E-state index contributed by atoms with van der Waals surface area (Å²) in [6, 6.07) is 0. The number of H-pyrrole nitrogens is 1. The highest BCUT2D eigenvalue weighted by Crippen LogP contribution is 2.31. The summed E-state index contributed by atoms with van der Waals surface area (Å²) in [5.74, 6) is 0. The third-order valence-electron chi connectivity index (χ3n) is 5.22. The van der Waals surface area contributed by atoms with Crippen LogP contribution in [0.3, 0.4) is 0 Å². The second-order valence-corrected chi connectivity index (χ2v) is 7.53. The number of aryl methyl sites for hydroxylation is 1. The van der Waals surface area contributed by atoms with Gasteiger partial charge >= 0.3 is 5.69 Å². The molecule has 0 saturated carbocycles. The number of aromatic nitrogens is 2. The Bertz CT molecular complexity index is 701. The minimum atomic E-state index is -1.05. The van der Waals surface area contributed by atoms with Gasteiger partial charge in [-0.1, -0.05) is 51.9 Å².